The Hall–Kier alpha value is -1.07. The Bertz CT molecular complexity index is 445. The molecule has 0 unspecified atom stereocenters. The number of thioether (sulfide) groups is 1. The lowest BCUT2D eigenvalue weighted by atomic mass is 10.4. The summed E-state index contributed by atoms with van der Waals surface area (Å²) in [5, 5.41) is 0. The summed E-state index contributed by atoms with van der Waals surface area (Å²) < 4.78 is 1.07. The molecule has 16 heavy (non-hydrogen) atoms. The van der Waals surface area contributed by atoms with Gasteiger partial charge < -0.3 is 5.73 Å². The van der Waals surface area contributed by atoms with Crippen molar-refractivity contribution in [1.29, 1.82) is 0 Å². The van der Waals surface area contributed by atoms with E-state index in [1.807, 2.05) is 12.1 Å². The molecule has 0 bridgehead atoms. The first-order valence-corrected chi connectivity index (χ1v) is 6.48. The van der Waals surface area contributed by atoms with E-state index < -0.39 is 0 Å². The third kappa shape index (κ3) is 3.21. The van der Waals surface area contributed by atoms with Crippen LogP contribution in [0.2, 0.25) is 0 Å². The lowest BCUT2D eigenvalue weighted by Gasteiger charge is -2.01. The molecule has 0 aliphatic carbocycles. The van der Waals surface area contributed by atoms with Gasteiger partial charge in [0.05, 0.1) is 5.75 Å². The summed E-state index contributed by atoms with van der Waals surface area (Å²) in [5.74, 6) is 1.99. The van der Waals surface area contributed by atoms with E-state index in [9.17, 15) is 0 Å². The Morgan fingerprint density at radius 3 is 2.94 bits per heavy atom. The van der Waals surface area contributed by atoms with E-state index in [0.29, 0.717) is 5.82 Å². The molecule has 3 nitrogen and oxygen atoms in total. The third-order valence-electron chi connectivity index (χ3n) is 1.89. The van der Waals surface area contributed by atoms with Gasteiger partial charge in [0.25, 0.3) is 0 Å². The van der Waals surface area contributed by atoms with Gasteiger partial charge in [-0.05, 0) is 24.3 Å². The Balaban J connectivity index is 2.02. The van der Waals surface area contributed by atoms with Gasteiger partial charge in [0.1, 0.15) is 11.6 Å². The van der Waals surface area contributed by atoms with Crippen molar-refractivity contribution in [2.24, 2.45) is 0 Å². The van der Waals surface area contributed by atoms with Gasteiger partial charge in [0.2, 0.25) is 0 Å². The molecular formula is C11H10BrN3S. The Morgan fingerprint density at radius 2 is 2.19 bits per heavy atom. The first-order chi connectivity index (χ1) is 7.74. The second kappa shape index (κ2) is 5.32. The molecule has 2 aromatic rings. The van der Waals surface area contributed by atoms with Crippen LogP contribution in [0.1, 0.15) is 5.82 Å². The van der Waals surface area contributed by atoms with Gasteiger partial charge in [-0.25, -0.2) is 9.97 Å². The number of aromatic nitrogens is 2. The second-order valence-corrected chi connectivity index (χ2v) is 5.11. The first kappa shape index (κ1) is 11.4. The molecule has 0 saturated carbocycles. The zero-order valence-corrected chi connectivity index (χ0v) is 10.8. The normalized spacial score (nSPS) is 10.3. The standard InChI is InChI=1S/C11H10BrN3S/c12-8-2-1-3-9(6-8)16-7-11-14-5-4-10(13)15-11/h1-6H,7H2,(H2,13,14,15). The van der Waals surface area contributed by atoms with Gasteiger partial charge in [-0.2, -0.15) is 0 Å². The maximum absolute atomic E-state index is 5.58. The van der Waals surface area contributed by atoms with Crippen LogP contribution in [0.3, 0.4) is 0 Å². The fourth-order valence-electron chi connectivity index (χ4n) is 1.19. The maximum Gasteiger partial charge on any atom is 0.140 e. The lowest BCUT2D eigenvalue weighted by Crippen LogP contribution is -1.96. The average Bonchev–Trinajstić information content (AvgIpc) is 2.27. The van der Waals surface area contributed by atoms with Crippen LogP contribution in [0, 0.1) is 0 Å². The van der Waals surface area contributed by atoms with Crippen LogP contribution in [-0.2, 0) is 5.75 Å². The molecule has 0 aliphatic rings. The number of anilines is 1. The van der Waals surface area contributed by atoms with Crippen LogP contribution in [0.25, 0.3) is 0 Å². The summed E-state index contributed by atoms with van der Waals surface area (Å²) in [6.07, 6.45) is 1.68. The Kier molecular flexibility index (Phi) is 3.79. The van der Waals surface area contributed by atoms with Crippen LogP contribution < -0.4 is 5.73 Å². The van der Waals surface area contributed by atoms with Crippen molar-refractivity contribution in [3.8, 4) is 0 Å². The van der Waals surface area contributed by atoms with Crippen molar-refractivity contribution in [2.75, 3.05) is 5.73 Å². The lowest BCUT2D eigenvalue weighted by molar-refractivity contribution is 1.04. The minimum Gasteiger partial charge on any atom is -0.384 e. The molecule has 0 atom stereocenters. The third-order valence-corrected chi connectivity index (χ3v) is 3.37. The highest BCUT2D eigenvalue weighted by molar-refractivity contribution is 9.10. The van der Waals surface area contributed by atoms with Crippen molar-refractivity contribution >= 4 is 33.5 Å². The van der Waals surface area contributed by atoms with E-state index in [-0.39, 0.29) is 0 Å². The molecular weight excluding hydrogens is 286 g/mol. The van der Waals surface area contributed by atoms with E-state index in [0.717, 1.165) is 16.0 Å². The fraction of sp³-hybridized carbons (Fsp3) is 0.0909. The molecule has 0 amide bonds. The average molecular weight is 296 g/mol. The molecule has 2 N–H and O–H groups in total. The van der Waals surface area contributed by atoms with Crippen LogP contribution in [0.15, 0.2) is 45.9 Å². The van der Waals surface area contributed by atoms with E-state index in [4.69, 9.17) is 5.73 Å². The van der Waals surface area contributed by atoms with Crippen molar-refractivity contribution in [1.82, 2.24) is 9.97 Å². The quantitative estimate of drug-likeness (QED) is 0.884. The smallest absolute Gasteiger partial charge is 0.140 e. The number of benzene rings is 1. The van der Waals surface area contributed by atoms with Gasteiger partial charge in [-0.1, -0.05) is 22.0 Å². The van der Waals surface area contributed by atoms with Crippen LogP contribution in [0.5, 0.6) is 0 Å². The fourth-order valence-corrected chi connectivity index (χ4v) is 2.56. The predicted molar refractivity (Wildman–Crippen MR) is 70.1 cm³/mol. The van der Waals surface area contributed by atoms with Gasteiger partial charge in [0, 0.05) is 15.6 Å². The van der Waals surface area contributed by atoms with Crippen LogP contribution >= 0.6 is 27.7 Å². The number of nitrogen functional groups attached to an aromatic ring is 1. The topological polar surface area (TPSA) is 51.8 Å². The molecule has 1 aromatic carbocycles. The number of hydrogen-bond donors (Lipinski definition) is 1. The predicted octanol–water partition coefficient (Wildman–Crippen LogP) is 3.11. The van der Waals surface area contributed by atoms with Crippen LogP contribution in [0.4, 0.5) is 5.82 Å². The number of halogens is 1. The summed E-state index contributed by atoms with van der Waals surface area (Å²) in [4.78, 5) is 9.48. The number of nitrogens with two attached hydrogens (primary N) is 1. The molecule has 0 radical (unpaired) electrons. The number of nitrogens with zero attached hydrogens (tertiary/aromatic N) is 2. The highest BCUT2D eigenvalue weighted by atomic mass is 79.9. The Morgan fingerprint density at radius 1 is 1.31 bits per heavy atom. The second-order valence-electron chi connectivity index (χ2n) is 3.14. The monoisotopic (exact) mass is 295 g/mol. The SMILES string of the molecule is Nc1ccnc(CSc2cccc(Br)c2)n1. The Labute approximate surface area is 107 Å². The molecule has 1 aromatic heterocycles. The zero-order chi connectivity index (χ0) is 11.4. The van der Waals surface area contributed by atoms with Crippen molar-refractivity contribution in [2.45, 2.75) is 10.6 Å². The van der Waals surface area contributed by atoms with Crippen LogP contribution in [-0.4, -0.2) is 9.97 Å². The van der Waals surface area contributed by atoms with Gasteiger partial charge in [0.15, 0.2) is 0 Å². The maximum atomic E-state index is 5.58. The molecule has 0 fully saturated rings. The van der Waals surface area contributed by atoms with Gasteiger partial charge in [-0.15, -0.1) is 11.8 Å². The van der Waals surface area contributed by atoms with Crippen molar-refractivity contribution < 1.29 is 0 Å². The van der Waals surface area contributed by atoms with E-state index >= 15 is 0 Å². The largest absolute Gasteiger partial charge is 0.384 e. The summed E-state index contributed by atoms with van der Waals surface area (Å²) in [5.41, 5.74) is 5.58. The van der Waals surface area contributed by atoms with E-state index in [2.05, 4.69) is 38.0 Å². The van der Waals surface area contributed by atoms with E-state index in [1.165, 1.54) is 4.90 Å². The molecule has 0 aliphatic heterocycles. The van der Waals surface area contributed by atoms with Gasteiger partial charge >= 0.3 is 0 Å². The number of hydrogen-bond acceptors (Lipinski definition) is 4. The van der Waals surface area contributed by atoms with Crippen molar-refractivity contribution in [3.63, 3.8) is 0 Å². The minimum absolute atomic E-state index is 0.514. The molecule has 2 rings (SSSR count). The molecule has 82 valence electrons. The summed E-state index contributed by atoms with van der Waals surface area (Å²) in [6, 6.07) is 9.82. The molecule has 1 heterocycles. The molecule has 0 spiro atoms. The number of rotatable bonds is 3. The highest BCUT2D eigenvalue weighted by Gasteiger charge is 1.99. The summed E-state index contributed by atoms with van der Waals surface area (Å²) >= 11 is 5.12. The summed E-state index contributed by atoms with van der Waals surface area (Å²) in [7, 11) is 0. The van der Waals surface area contributed by atoms with Crippen molar-refractivity contribution in [3.05, 3.63) is 46.8 Å². The highest BCUT2D eigenvalue weighted by Crippen LogP contribution is 2.24. The molecule has 5 heteroatoms. The summed E-state index contributed by atoms with van der Waals surface area (Å²) in [6.45, 7) is 0. The zero-order valence-electron chi connectivity index (χ0n) is 8.43. The molecule has 0 saturated heterocycles. The van der Waals surface area contributed by atoms with E-state index in [1.54, 1.807) is 24.0 Å². The van der Waals surface area contributed by atoms with Gasteiger partial charge in [-0.3, -0.25) is 0 Å². The minimum atomic E-state index is 0.514. The first-order valence-electron chi connectivity index (χ1n) is 4.70.